The lowest BCUT2D eigenvalue weighted by Gasteiger charge is -2.31. The Morgan fingerprint density at radius 1 is 1.11 bits per heavy atom. The fourth-order valence-corrected chi connectivity index (χ4v) is 6.93. The van der Waals surface area contributed by atoms with Gasteiger partial charge in [0.2, 0.25) is 5.91 Å². The summed E-state index contributed by atoms with van der Waals surface area (Å²) in [6.45, 7) is 7.51. The van der Waals surface area contributed by atoms with E-state index in [2.05, 4.69) is 15.3 Å². The van der Waals surface area contributed by atoms with Gasteiger partial charge in [0.1, 0.15) is 17.6 Å². The summed E-state index contributed by atoms with van der Waals surface area (Å²) in [6, 6.07) is 2.32. The van der Waals surface area contributed by atoms with Crippen LogP contribution in [0.15, 0.2) is 49.1 Å². The number of aliphatic carboxylic acids is 1. The molecule has 12 heteroatoms. The number of amides is 2. The molecule has 1 aliphatic carbocycles. The molecule has 2 amide bonds. The van der Waals surface area contributed by atoms with Gasteiger partial charge >= 0.3 is 5.97 Å². The van der Waals surface area contributed by atoms with Crippen molar-refractivity contribution in [1.29, 1.82) is 0 Å². The number of imidazole rings is 1. The van der Waals surface area contributed by atoms with Crippen LogP contribution < -0.4 is 5.32 Å². The first-order valence-corrected chi connectivity index (χ1v) is 14.2. The zero-order valence-corrected chi connectivity index (χ0v) is 24.4. The minimum atomic E-state index is -1.46. The van der Waals surface area contributed by atoms with Crippen molar-refractivity contribution in [3.8, 4) is 11.1 Å². The lowest BCUT2D eigenvalue weighted by atomic mass is 9.91. The van der Waals surface area contributed by atoms with Gasteiger partial charge in [-0.1, -0.05) is 13.8 Å². The van der Waals surface area contributed by atoms with E-state index in [1.165, 1.54) is 29.3 Å². The zero-order chi connectivity index (χ0) is 31.7. The van der Waals surface area contributed by atoms with Gasteiger partial charge in [-0.15, -0.1) is 0 Å². The van der Waals surface area contributed by atoms with Crippen LogP contribution in [-0.2, 0) is 9.59 Å². The Hall–Kier alpha value is -4.74. The molecular formula is C32H30F3N5O4. The number of carboxylic acids is 1. The summed E-state index contributed by atoms with van der Waals surface area (Å²) >= 11 is 0. The average Bonchev–Trinajstić information content (AvgIpc) is 3.32. The third-order valence-corrected chi connectivity index (χ3v) is 9.13. The number of carbonyl (C=O) groups excluding carboxylic acids is 2. The summed E-state index contributed by atoms with van der Waals surface area (Å²) < 4.78 is 46.0. The van der Waals surface area contributed by atoms with Crippen LogP contribution in [0.5, 0.6) is 0 Å². The summed E-state index contributed by atoms with van der Waals surface area (Å²) in [5, 5.41) is 12.3. The Labute approximate surface area is 250 Å². The van der Waals surface area contributed by atoms with Gasteiger partial charge in [-0.3, -0.25) is 19.4 Å². The first-order chi connectivity index (χ1) is 20.8. The topological polar surface area (TPSA) is 117 Å². The van der Waals surface area contributed by atoms with Gasteiger partial charge in [0.05, 0.1) is 18.7 Å². The summed E-state index contributed by atoms with van der Waals surface area (Å²) in [5.41, 5.74) is 1.56. The summed E-state index contributed by atoms with van der Waals surface area (Å²) in [7, 11) is 0. The smallest absolute Gasteiger partial charge is 0.305 e. The van der Waals surface area contributed by atoms with E-state index < -0.39 is 53.7 Å². The maximum Gasteiger partial charge on any atom is 0.305 e. The highest BCUT2D eigenvalue weighted by Gasteiger charge is 2.69. The number of benzene rings is 2. The van der Waals surface area contributed by atoms with Gasteiger partial charge in [0, 0.05) is 30.7 Å². The van der Waals surface area contributed by atoms with Crippen LogP contribution in [0.2, 0.25) is 0 Å². The number of nitrogens with one attached hydrogen (secondary N) is 1. The first kappa shape index (κ1) is 29.3. The van der Waals surface area contributed by atoms with E-state index in [0.29, 0.717) is 22.3 Å². The highest BCUT2D eigenvalue weighted by molar-refractivity contribution is 5.98. The molecule has 2 fully saturated rings. The van der Waals surface area contributed by atoms with Crippen LogP contribution in [0.3, 0.4) is 0 Å². The molecule has 0 bridgehead atoms. The zero-order valence-electron chi connectivity index (χ0n) is 24.4. The molecule has 1 saturated heterocycles. The molecular weight excluding hydrogens is 575 g/mol. The third-order valence-electron chi connectivity index (χ3n) is 9.13. The number of likely N-dealkylation sites (tertiary alicyclic amines) is 1. The molecule has 0 radical (unpaired) electrons. The second kappa shape index (κ2) is 10.5. The van der Waals surface area contributed by atoms with E-state index in [1.807, 2.05) is 13.8 Å². The average molecular weight is 606 g/mol. The van der Waals surface area contributed by atoms with Crippen LogP contribution in [0.4, 0.5) is 13.2 Å². The van der Waals surface area contributed by atoms with Crippen molar-refractivity contribution < 1.29 is 32.7 Å². The molecule has 2 aromatic carbocycles. The number of piperidine rings is 1. The van der Waals surface area contributed by atoms with E-state index in [9.17, 15) is 23.9 Å². The number of hydrogen-bond acceptors (Lipinski definition) is 5. The number of fused-ring (bicyclic) bond motifs is 2. The predicted molar refractivity (Wildman–Crippen MR) is 153 cm³/mol. The van der Waals surface area contributed by atoms with Crippen LogP contribution >= 0.6 is 0 Å². The highest BCUT2D eigenvalue weighted by atomic mass is 19.2. The number of hydrogen-bond donors (Lipinski definition) is 2. The molecule has 44 heavy (non-hydrogen) atoms. The molecule has 4 aromatic rings. The summed E-state index contributed by atoms with van der Waals surface area (Å²) in [4.78, 5) is 49.3. The molecule has 6 rings (SSSR count). The van der Waals surface area contributed by atoms with Gasteiger partial charge in [0.15, 0.2) is 17.3 Å². The molecule has 2 unspecified atom stereocenters. The van der Waals surface area contributed by atoms with E-state index in [-0.39, 0.29) is 40.6 Å². The Balaban J connectivity index is 1.35. The second-order valence-corrected chi connectivity index (χ2v) is 12.3. The number of aromatic nitrogens is 3. The van der Waals surface area contributed by atoms with E-state index in [4.69, 9.17) is 0 Å². The molecule has 4 atom stereocenters. The number of rotatable bonds is 7. The number of halogens is 3. The molecule has 0 spiro atoms. The third kappa shape index (κ3) is 4.87. The van der Waals surface area contributed by atoms with Crippen molar-refractivity contribution in [2.75, 3.05) is 6.54 Å². The number of carboxylic acid groups (broad SMARTS) is 1. The maximum absolute atomic E-state index is 15.4. The normalized spacial score (nSPS) is 20.8. The minimum absolute atomic E-state index is 0.0146. The molecule has 1 aliphatic heterocycles. The van der Waals surface area contributed by atoms with Crippen molar-refractivity contribution in [1.82, 2.24) is 24.6 Å². The van der Waals surface area contributed by atoms with E-state index in [0.717, 1.165) is 6.07 Å². The molecule has 228 valence electrons. The largest absolute Gasteiger partial charge is 0.481 e. The summed E-state index contributed by atoms with van der Waals surface area (Å²) in [5.74, 6) is -5.75. The van der Waals surface area contributed by atoms with Crippen LogP contribution in [0, 0.1) is 48.5 Å². The fraction of sp³-hybridized carbons (Fsp3) is 0.344. The maximum atomic E-state index is 15.4. The number of nitrogens with zero attached hydrogens (tertiary/aromatic N) is 4. The number of aryl methyl sites for hydroxylation is 2. The Kier molecular flexibility index (Phi) is 6.97. The van der Waals surface area contributed by atoms with Crippen LogP contribution in [0.25, 0.3) is 16.8 Å². The Bertz CT molecular complexity index is 1800. The summed E-state index contributed by atoms with van der Waals surface area (Å²) in [6.07, 6.45) is 5.48. The van der Waals surface area contributed by atoms with E-state index >= 15 is 8.78 Å². The lowest BCUT2D eigenvalue weighted by molar-refractivity contribution is -0.138. The van der Waals surface area contributed by atoms with Crippen molar-refractivity contribution in [3.05, 3.63) is 88.9 Å². The van der Waals surface area contributed by atoms with Crippen molar-refractivity contribution in [2.24, 2.45) is 17.3 Å². The monoisotopic (exact) mass is 605 g/mol. The predicted octanol–water partition coefficient (Wildman–Crippen LogP) is 4.86. The quantitative estimate of drug-likeness (QED) is 0.311. The fourth-order valence-electron chi connectivity index (χ4n) is 6.93. The molecule has 3 heterocycles. The van der Waals surface area contributed by atoms with Gasteiger partial charge in [-0.25, -0.2) is 18.2 Å². The minimum Gasteiger partial charge on any atom is -0.481 e. The van der Waals surface area contributed by atoms with Gasteiger partial charge < -0.3 is 19.7 Å². The Morgan fingerprint density at radius 2 is 1.82 bits per heavy atom. The van der Waals surface area contributed by atoms with Crippen LogP contribution in [-0.4, -0.2) is 54.7 Å². The number of carbonyl (C=O) groups is 3. The lowest BCUT2D eigenvalue weighted by Crippen LogP contribution is -2.50. The van der Waals surface area contributed by atoms with Gasteiger partial charge in [-0.2, -0.15) is 0 Å². The second-order valence-electron chi connectivity index (χ2n) is 12.3. The standard InChI is InChI=1S/C32H30F3N5O4/c1-15-7-18(33)8-16(2)26(15)17-9-19(28(35)21(34)10-17)22(11-25(41)42)38-30(43)29-27-20(32(27,3)4)13-40(29)31(44)23-14-39-6-5-36-12-24(39)37-23/h5-10,12,14,20,22,27,29H,11,13H2,1-4H3,(H,38,43)(H,41,42)/t20?,22-,27?,29-/m0/s1. The van der Waals surface area contributed by atoms with Crippen molar-refractivity contribution in [2.45, 2.75) is 46.2 Å². The van der Waals surface area contributed by atoms with E-state index in [1.54, 1.807) is 36.8 Å². The van der Waals surface area contributed by atoms with Gasteiger partial charge in [-0.05, 0) is 77.6 Å². The Morgan fingerprint density at radius 3 is 2.48 bits per heavy atom. The molecule has 2 aromatic heterocycles. The molecule has 9 nitrogen and oxygen atoms in total. The van der Waals surface area contributed by atoms with Crippen molar-refractivity contribution in [3.63, 3.8) is 0 Å². The highest BCUT2D eigenvalue weighted by Crippen LogP contribution is 2.65. The van der Waals surface area contributed by atoms with Crippen molar-refractivity contribution >= 4 is 23.4 Å². The van der Waals surface area contributed by atoms with Crippen LogP contribution in [0.1, 0.15) is 53.5 Å². The molecule has 1 saturated carbocycles. The first-order valence-electron chi connectivity index (χ1n) is 14.2. The SMILES string of the molecule is Cc1cc(F)cc(C)c1-c1cc(F)c(F)c([C@H](CC(=O)O)NC(=O)[C@@H]2C3C(CN2C(=O)c2cn4ccncc4n2)C3(C)C)c1. The molecule has 2 N–H and O–H groups in total. The molecule has 2 aliphatic rings. The van der Waals surface area contributed by atoms with Gasteiger partial charge in [0.25, 0.3) is 5.91 Å².